The van der Waals surface area contributed by atoms with Gasteiger partial charge in [0.15, 0.2) is 35.9 Å². The van der Waals surface area contributed by atoms with Crippen molar-refractivity contribution in [2.24, 2.45) is 5.73 Å². The monoisotopic (exact) mass is 532 g/mol. The molecule has 0 aliphatic carbocycles. The van der Waals surface area contributed by atoms with Gasteiger partial charge in [0.05, 0.1) is 12.4 Å². The molecule has 1 fully saturated rings. The van der Waals surface area contributed by atoms with E-state index in [4.69, 9.17) is 26.8 Å². The van der Waals surface area contributed by atoms with E-state index in [-0.39, 0.29) is 19.1 Å². The van der Waals surface area contributed by atoms with E-state index in [2.05, 4.69) is 30.9 Å². The molecule has 6 N–H and O–H groups in total. The Balaban J connectivity index is 1.51. The van der Waals surface area contributed by atoms with Gasteiger partial charge in [-0.05, 0) is 24.6 Å². The molecule has 1 saturated heterocycles. The predicted octanol–water partition coefficient (Wildman–Crippen LogP) is 0.328. The van der Waals surface area contributed by atoms with Crippen molar-refractivity contribution in [3.63, 3.8) is 0 Å². The number of ether oxygens (including phenoxy) is 2. The average Bonchev–Trinajstić information content (AvgIpc) is 3.46. The highest BCUT2D eigenvalue weighted by Gasteiger charge is 2.46. The summed E-state index contributed by atoms with van der Waals surface area (Å²) in [4.78, 5) is 37.0. The van der Waals surface area contributed by atoms with Gasteiger partial charge in [0.2, 0.25) is 0 Å². The van der Waals surface area contributed by atoms with Crippen molar-refractivity contribution in [2.75, 3.05) is 25.5 Å². The normalized spacial score (nSPS) is 21.1. The minimum absolute atomic E-state index is 0.125. The number of aliphatic hydroxyl groups is 1. The zero-order valence-corrected chi connectivity index (χ0v) is 21.1. The zero-order chi connectivity index (χ0) is 26.5. The van der Waals surface area contributed by atoms with Crippen LogP contribution in [0.4, 0.5) is 5.82 Å². The van der Waals surface area contributed by atoms with Gasteiger partial charge in [0.1, 0.15) is 18.2 Å². The molecule has 3 heterocycles. The summed E-state index contributed by atoms with van der Waals surface area (Å²) in [5.74, 6) is 0.261. The largest absolute Gasteiger partial charge is 0.483 e. The van der Waals surface area contributed by atoms with Gasteiger partial charge in [-0.3, -0.25) is 14.2 Å². The quantitative estimate of drug-likeness (QED) is 0.244. The molecule has 0 saturated carbocycles. The fourth-order valence-corrected chi connectivity index (χ4v) is 4.13. The second-order valence-electron chi connectivity index (χ2n) is 8.42. The van der Waals surface area contributed by atoms with Crippen LogP contribution in [0.2, 0.25) is 5.02 Å². The van der Waals surface area contributed by atoms with Gasteiger partial charge >= 0.3 is 0 Å². The summed E-state index contributed by atoms with van der Waals surface area (Å²) in [6, 6.07) is 4.18. The first kappa shape index (κ1) is 26.5. The predicted molar refractivity (Wildman–Crippen MR) is 135 cm³/mol. The summed E-state index contributed by atoms with van der Waals surface area (Å²) in [6.45, 7) is 2.68. The van der Waals surface area contributed by atoms with Gasteiger partial charge in [-0.25, -0.2) is 15.0 Å². The van der Waals surface area contributed by atoms with E-state index in [1.165, 1.54) is 24.3 Å². The molecule has 14 heteroatoms. The Morgan fingerprint density at radius 2 is 2.11 bits per heavy atom. The molecule has 2 amide bonds. The molecule has 198 valence electrons. The lowest BCUT2D eigenvalue weighted by atomic mass is 10.1. The number of imidazole rings is 1. The van der Waals surface area contributed by atoms with Crippen molar-refractivity contribution in [3.8, 4) is 5.75 Å². The SMILES string of the molecule is CCCNC(=O)COc1ccc(Cl)cc1CNc1ncnc2c1ncn2[C@@H]1O[C@H](C(=O)NC)[C@@H](N)[C@H]1O. The maximum atomic E-state index is 12.1. The second kappa shape index (κ2) is 11.7. The third-order valence-electron chi connectivity index (χ3n) is 5.86. The summed E-state index contributed by atoms with van der Waals surface area (Å²) in [7, 11) is 1.47. The van der Waals surface area contributed by atoms with Crippen LogP contribution in [0.1, 0.15) is 25.1 Å². The number of nitrogens with two attached hydrogens (primary N) is 1. The number of halogens is 1. The Morgan fingerprint density at radius 1 is 1.30 bits per heavy atom. The Labute approximate surface area is 217 Å². The Morgan fingerprint density at radius 3 is 2.86 bits per heavy atom. The van der Waals surface area contributed by atoms with Gasteiger partial charge in [-0.15, -0.1) is 0 Å². The standard InChI is InChI=1S/C23H29ClN8O5/c1-3-6-27-15(33)9-36-14-5-4-13(24)7-12(14)8-28-20-17-21(30-10-29-20)32(11-31-17)23-18(34)16(25)19(37-23)22(35)26-2/h4-5,7,10-11,16,18-19,23,34H,3,6,8-9,25H2,1-2H3,(H,26,35)(H,27,33)(H,28,29,30)/t16-,18+,19-,23+/m0/s1. The van der Waals surface area contributed by atoms with Gasteiger partial charge in [0, 0.05) is 30.7 Å². The van der Waals surface area contributed by atoms with E-state index in [0.717, 1.165) is 6.42 Å². The maximum absolute atomic E-state index is 12.1. The van der Waals surface area contributed by atoms with E-state index in [0.29, 0.717) is 39.9 Å². The molecule has 1 aromatic carbocycles. The lowest BCUT2D eigenvalue weighted by Gasteiger charge is -2.17. The molecule has 0 unspecified atom stereocenters. The minimum atomic E-state index is -1.16. The number of hydrogen-bond acceptors (Lipinski definition) is 10. The fourth-order valence-electron chi connectivity index (χ4n) is 3.93. The highest BCUT2D eigenvalue weighted by Crippen LogP contribution is 2.32. The molecule has 4 atom stereocenters. The van der Waals surface area contributed by atoms with Crippen LogP contribution >= 0.6 is 11.6 Å². The summed E-state index contributed by atoms with van der Waals surface area (Å²) >= 11 is 6.19. The van der Waals surface area contributed by atoms with E-state index < -0.39 is 30.4 Å². The van der Waals surface area contributed by atoms with Crippen LogP contribution in [0.25, 0.3) is 11.2 Å². The highest BCUT2D eigenvalue weighted by atomic mass is 35.5. The third-order valence-corrected chi connectivity index (χ3v) is 6.09. The number of fused-ring (bicyclic) bond motifs is 1. The number of carbonyl (C=O) groups excluding carboxylic acids is 2. The van der Waals surface area contributed by atoms with Crippen LogP contribution in [-0.4, -0.2) is 74.9 Å². The van der Waals surface area contributed by atoms with Gasteiger partial charge < -0.3 is 36.3 Å². The molecule has 4 rings (SSSR count). The van der Waals surface area contributed by atoms with E-state index in [9.17, 15) is 14.7 Å². The fraction of sp³-hybridized carbons (Fsp3) is 0.435. The third kappa shape index (κ3) is 5.74. The average molecular weight is 533 g/mol. The number of aliphatic hydroxyl groups excluding tert-OH is 1. The highest BCUT2D eigenvalue weighted by molar-refractivity contribution is 6.30. The number of carbonyl (C=O) groups is 2. The molecular formula is C23H29ClN8O5. The molecule has 0 bridgehead atoms. The van der Waals surface area contributed by atoms with E-state index >= 15 is 0 Å². The number of nitrogens with one attached hydrogen (secondary N) is 3. The molecule has 1 aliphatic heterocycles. The number of aromatic nitrogens is 4. The molecule has 37 heavy (non-hydrogen) atoms. The van der Waals surface area contributed by atoms with Crippen molar-refractivity contribution in [1.29, 1.82) is 0 Å². The van der Waals surface area contributed by atoms with Crippen LogP contribution in [0.3, 0.4) is 0 Å². The molecule has 13 nitrogen and oxygen atoms in total. The van der Waals surface area contributed by atoms with Crippen molar-refractivity contribution in [2.45, 2.75) is 44.4 Å². The lowest BCUT2D eigenvalue weighted by molar-refractivity contribution is -0.134. The smallest absolute Gasteiger partial charge is 0.257 e. The number of benzene rings is 1. The number of likely N-dealkylation sites (N-methyl/N-ethyl adjacent to an activating group) is 1. The number of amides is 2. The number of hydrogen-bond donors (Lipinski definition) is 5. The number of nitrogens with zero attached hydrogens (tertiary/aromatic N) is 4. The Hall–Kier alpha value is -3.52. The molecule has 1 aliphatic rings. The van der Waals surface area contributed by atoms with Crippen LogP contribution < -0.4 is 26.4 Å². The minimum Gasteiger partial charge on any atom is -0.483 e. The van der Waals surface area contributed by atoms with Gasteiger partial charge in [0.25, 0.3) is 11.8 Å². The molecule has 0 radical (unpaired) electrons. The van der Waals surface area contributed by atoms with E-state index in [1.807, 2.05) is 6.92 Å². The van der Waals surface area contributed by atoms with Crippen LogP contribution in [0.15, 0.2) is 30.9 Å². The van der Waals surface area contributed by atoms with Crippen molar-refractivity contribution < 1.29 is 24.2 Å². The van der Waals surface area contributed by atoms with Crippen LogP contribution in [0.5, 0.6) is 5.75 Å². The van der Waals surface area contributed by atoms with Gasteiger partial charge in [-0.2, -0.15) is 0 Å². The lowest BCUT2D eigenvalue weighted by Crippen LogP contribution is -2.46. The van der Waals surface area contributed by atoms with Crippen molar-refractivity contribution in [1.82, 2.24) is 30.2 Å². The van der Waals surface area contributed by atoms with Crippen LogP contribution in [0, 0.1) is 0 Å². The maximum Gasteiger partial charge on any atom is 0.257 e. The van der Waals surface area contributed by atoms with Gasteiger partial charge in [-0.1, -0.05) is 18.5 Å². The number of anilines is 1. The molecule has 0 spiro atoms. The molecular weight excluding hydrogens is 504 g/mol. The Kier molecular flexibility index (Phi) is 8.38. The molecule has 3 aromatic rings. The zero-order valence-electron chi connectivity index (χ0n) is 20.3. The Bertz CT molecular complexity index is 1270. The first-order valence-electron chi connectivity index (χ1n) is 11.7. The summed E-state index contributed by atoms with van der Waals surface area (Å²) in [6.07, 6.45) is 0.475. The summed E-state index contributed by atoms with van der Waals surface area (Å²) in [5, 5.41) is 19.6. The van der Waals surface area contributed by atoms with E-state index in [1.54, 1.807) is 18.2 Å². The van der Waals surface area contributed by atoms with Crippen LogP contribution in [-0.2, 0) is 20.9 Å². The summed E-state index contributed by atoms with van der Waals surface area (Å²) in [5.41, 5.74) is 7.51. The van der Waals surface area contributed by atoms with Crippen molar-refractivity contribution >= 4 is 40.4 Å². The topological polar surface area (TPSA) is 179 Å². The first-order valence-corrected chi connectivity index (χ1v) is 12.1. The first-order chi connectivity index (χ1) is 17.8. The number of rotatable bonds is 10. The summed E-state index contributed by atoms with van der Waals surface area (Å²) < 4.78 is 13.0. The van der Waals surface area contributed by atoms with Crippen molar-refractivity contribution in [3.05, 3.63) is 41.4 Å². The molecule has 2 aromatic heterocycles. The second-order valence-corrected chi connectivity index (χ2v) is 8.86.